The molecule has 0 aromatic heterocycles. The van der Waals surface area contributed by atoms with Crippen molar-refractivity contribution in [2.75, 3.05) is 17.7 Å². The predicted octanol–water partition coefficient (Wildman–Crippen LogP) is 14.2. The number of azo groups is 4. The molecule has 26 heteroatoms. The number of phenolic OH excluding ortho intramolecular Hbond substituents is 2. The van der Waals surface area contributed by atoms with Crippen LogP contribution in [0.3, 0.4) is 0 Å². The van der Waals surface area contributed by atoms with Gasteiger partial charge in [-0.2, -0.15) is 23.8 Å². The molecule has 0 spiro atoms. The highest BCUT2D eigenvalue weighted by atomic mass is 32.3. The number of aryl methyl sites for hydroxylation is 1. The number of para-hydroxylation sites is 1. The van der Waals surface area contributed by atoms with E-state index in [1.54, 1.807) is 49.4 Å². The third-order valence-electron chi connectivity index (χ3n) is 9.60. The molecule has 360 valence electrons. The Balaban J connectivity index is 1.11. The van der Waals surface area contributed by atoms with Gasteiger partial charge in [-0.25, -0.2) is 5.26 Å². The molecule has 0 heterocycles. The van der Waals surface area contributed by atoms with Gasteiger partial charge in [0.2, 0.25) is 5.91 Å². The Morgan fingerprint density at radius 1 is 0.643 bits per heavy atom. The molecule has 9 N–H and O–H groups in total. The van der Waals surface area contributed by atoms with E-state index in [1.165, 1.54) is 50.4 Å². The van der Waals surface area contributed by atoms with Gasteiger partial charge in [-0.1, -0.05) is 23.2 Å². The smallest absolute Gasteiger partial charge is 0.296 e. The summed E-state index contributed by atoms with van der Waals surface area (Å²) in [6, 6.07) is 30.7. The first-order valence-electron chi connectivity index (χ1n) is 19.9. The van der Waals surface area contributed by atoms with Crippen molar-refractivity contribution in [1.82, 2.24) is 0 Å². The van der Waals surface area contributed by atoms with Gasteiger partial charge >= 0.3 is 0 Å². The molecule has 23 nitrogen and oxygen atoms in total. The van der Waals surface area contributed by atoms with Crippen LogP contribution in [0.5, 0.6) is 17.2 Å². The number of benzene rings is 7. The Bertz CT molecular complexity index is 3340. The molecular formula is C44H38N10O13S3. The van der Waals surface area contributed by atoms with Gasteiger partial charge < -0.3 is 39.2 Å². The number of rotatable bonds is 17. The van der Waals surface area contributed by atoms with Crippen LogP contribution in [0.2, 0.25) is 0 Å². The molecule has 1 amide bonds. The van der Waals surface area contributed by atoms with Crippen molar-refractivity contribution in [3.8, 4) is 17.2 Å². The highest BCUT2D eigenvalue weighted by Crippen LogP contribution is 2.55. The quantitative estimate of drug-likeness (QED) is 0.0102. The lowest BCUT2D eigenvalue weighted by Gasteiger charge is -2.22. The minimum Gasteiger partial charge on any atom is -0.506 e. The summed E-state index contributed by atoms with van der Waals surface area (Å²) in [4.78, 5) is 11.5. The van der Waals surface area contributed by atoms with Gasteiger partial charge in [-0.05, 0) is 109 Å². The van der Waals surface area contributed by atoms with Crippen LogP contribution in [0.15, 0.2) is 177 Å². The van der Waals surface area contributed by atoms with E-state index in [-0.39, 0.29) is 44.5 Å². The van der Waals surface area contributed by atoms with Crippen molar-refractivity contribution < 1.29 is 61.0 Å². The second-order valence-electron chi connectivity index (χ2n) is 14.5. The monoisotopic (exact) mass is 1010 g/mol. The lowest BCUT2D eigenvalue weighted by atomic mass is 10.1. The molecule has 7 aromatic carbocycles. The number of nitrogens with one attached hydrogen (secondary N) is 2. The second kappa shape index (κ2) is 21.7. The van der Waals surface area contributed by atoms with Crippen LogP contribution >= 0.6 is 22.9 Å². The van der Waals surface area contributed by atoms with Crippen LogP contribution in [0.4, 0.5) is 62.6 Å². The van der Waals surface area contributed by atoms with E-state index < -0.39 is 53.9 Å². The molecule has 7 aromatic rings. The highest BCUT2D eigenvalue weighted by Gasteiger charge is 2.26. The number of amides is 1. The van der Waals surface area contributed by atoms with Crippen LogP contribution in [0.25, 0.3) is 10.8 Å². The molecule has 0 unspecified atom stereocenters. The Labute approximate surface area is 403 Å². The SMILES string of the molecule is COc1cc(N=Nc2ccc(N=Nc3cc(SOOO)ccc3S(=O)(=O)O)cc2)c(C)cc1N=Nc1cc(O)c(N=Nc2c(S(O)(O)O)cc3cc(Nc4ccccc4)ccc3c2O)cc1NC(C)=O. The fourth-order valence-corrected chi connectivity index (χ4v) is 8.05. The minimum absolute atomic E-state index is 0.0223. The zero-order chi connectivity index (χ0) is 50.2. The van der Waals surface area contributed by atoms with Crippen LogP contribution in [0, 0.1) is 6.92 Å². The van der Waals surface area contributed by atoms with E-state index in [4.69, 9.17) is 9.99 Å². The Kier molecular flexibility index (Phi) is 15.5. The number of ether oxygens (including phenoxy) is 1. The van der Waals surface area contributed by atoms with Crippen molar-refractivity contribution in [2.24, 2.45) is 40.9 Å². The number of aromatic hydroxyl groups is 2. The average molecular weight is 1010 g/mol. The average Bonchev–Trinajstić information content (AvgIpc) is 3.32. The molecule has 0 saturated heterocycles. The summed E-state index contributed by atoms with van der Waals surface area (Å²) in [7, 11) is -7.75. The van der Waals surface area contributed by atoms with Gasteiger partial charge in [0.25, 0.3) is 10.1 Å². The lowest BCUT2D eigenvalue weighted by Crippen LogP contribution is -2.05. The normalized spacial score (nSPS) is 12.5. The van der Waals surface area contributed by atoms with Crippen molar-refractivity contribution >= 4 is 112 Å². The number of anilines is 3. The van der Waals surface area contributed by atoms with Gasteiger partial charge in [-0.15, -0.1) is 29.9 Å². The maximum Gasteiger partial charge on any atom is 0.296 e. The number of hydrogen-bond acceptors (Lipinski definition) is 22. The summed E-state index contributed by atoms with van der Waals surface area (Å²) in [5.74, 6) is -1.34. The molecule has 0 bridgehead atoms. The molecule has 0 aliphatic rings. The maximum atomic E-state index is 12.3. The first kappa shape index (κ1) is 50.1. The lowest BCUT2D eigenvalue weighted by molar-refractivity contribution is -0.432. The summed E-state index contributed by atoms with van der Waals surface area (Å²) in [5, 5.41) is 73.8. The molecule has 0 aliphatic carbocycles. The third-order valence-corrected chi connectivity index (χ3v) is 12.0. The first-order chi connectivity index (χ1) is 33.4. The van der Waals surface area contributed by atoms with E-state index in [0.29, 0.717) is 45.7 Å². The van der Waals surface area contributed by atoms with E-state index in [9.17, 15) is 41.6 Å². The molecule has 0 fully saturated rings. The number of methoxy groups -OCH3 is 1. The van der Waals surface area contributed by atoms with Crippen LogP contribution in [-0.4, -0.2) is 55.1 Å². The van der Waals surface area contributed by atoms with Crippen molar-refractivity contribution in [3.05, 3.63) is 127 Å². The predicted molar refractivity (Wildman–Crippen MR) is 259 cm³/mol. The Morgan fingerprint density at radius 2 is 1.30 bits per heavy atom. The maximum absolute atomic E-state index is 12.3. The van der Waals surface area contributed by atoms with E-state index in [0.717, 1.165) is 17.8 Å². The molecule has 0 atom stereocenters. The topological polar surface area (TPSA) is 343 Å². The molecule has 0 saturated carbocycles. The second-order valence-corrected chi connectivity index (χ2v) is 18.2. The van der Waals surface area contributed by atoms with Crippen molar-refractivity contribution in [1.29, 1.82) is 0 Å². The summed E-state index contributed by atoms with van der Waals surface area (Å²) in [6.45, 7) is 2.97. The zero-order valence-electron chi connectivity index (χ0n) is 36.4. The molecule has 0 radical (unpaired) electrons. The Hall–Kier alpha value is -7.76. The fourth-order valence-electron chi connectivity index (χ4n) is 6.37. The van der Waals surface area contributed by atoms with E-state index in [2.05, 4.69) is 60.9 Å². The van der Waals surface area contributed by atoms with Crippen LogP contribution in [-0.2, 0) is 24.3 Å². The summed E-state index contributed by atoms with van der Waals surface area (Å²) in [6.07, 6.45) is 0. The van der Waals surface area contributed by atoms with Gasteiger partial charge in [-0.3, -0.25) is 9.35 Å². The first-order valence-corrected chi connectivity index (χ1v) is 23.6. The number of carbonyl (C=O) groups excluding carboxylic acids is 1. The number of hydrogen-bond donors (Lipinski definition) is 9. The van der Waals surface area contributed by atoms with Crippen molar-refractivity contribution in [3.63, 3.8) is 0 Å². The number of carbonyl (C=O) groups is 1. The van der Waals surface area contributed by atoms with Gasteiger partial charge in [0.1, 0.15) is 55.7 Å². The zero-order valence-corrected chi connectivity index (χ0v) is 38.9. The summed E-state index contributed by atoms with van der Waals surface area (Å²) in [5.41, 5.74) is 2.34. The molecule has 0 aliphatic heterocycles. The molecule has 70 heavy (non-hydrogen) atoms. The van der Waals surface area contributed by atoms with Crippen molar-refractivity contribution in [2.45, 2.75) is 28.5 Å². The number of nitrogens with zero attached hydrogens (tertiary/aromatic N) is 8. The van der Waals surface area contributed by atoms with Crippen LogP contribution < -0.4 is 15.4 Å². The third kappa shape index (κ3) is 12.5. The number of fused-ring (bicyclic) bond motifs is 1. The van der Waals surface area contributed by atoms with E-state index >= 15 is 0 Å². The molecule has 7 rings (SSSR count). The van der Waals surface area contributed by atoms with Gasteiger partial charge in [0.05, 0.1) is 46.8 Å². The van der Waals surface area contributed by atoms with Crippen LogP contribution in [0.1, 0.15) is 12.5 Å². The fraction of sp³-hybridized carbons (Fsp3) is 0.0682. The van der Waals surface area contributed by atoms with E-state index in [1.807, 2.05) is 30.3 Å². The summed E-state index contributed by atoms with van der Waals surface area (Å²) < 4.78 is 74.4. The number of phenols is 2. The van der Waals surface area contributed by atoms with Gasteiger partial charge in [0, 0.05) is 40.7 Å². The molecular weight excluding hydrogens is 973 g/mol. The standard InChI is InChI=1S/C44H38N10O13S3/c1-24-17-37(40(65-3)23-33(24)49-47-28-9-11-29(12-10-28)48-53-38-20-31(68-67-66-58)14-16-41(38)69(59,60)61)52-50-35-22-39(56)36(21-34(35)45-25(2)55)51-54-43-42(70(62,63)64)19-26-18-30(13-15-32(26)44(43)57)46-27-7-5-4-6-8-27/h4-23,46,56-58,62-64H,1-3H3,(H,45,55)(H,59,60,61). The largest absolute Gasteiger partial charge is 0.506 e. The minimum atomic E-state index is -4.66. The Morgan fingerprint density at radius 3 is 1.94 bits per heavy atom. The highest BCUT2D eigenvalue weighted by molar-refractivity contribution is 8.19. The van der Waals surface area contributed by atoms with Gasteiger partial charge in [0.15, 0.2) is 5.75 Å². The summed E-state index contributed by atoms with van der Waals surface area (Å²) >= 11 is 0.553.